The molecule has 0 saturated carbocycles. The van der Waals surface area contributed by atoms with E-state index in [2.05, 4.69) is 15.8 Å². The first-order valence-electron chi connectivity index (χ1n) is 8.41. The van der Waals surface area contributed by atoms with E-state index in [-0.39, 0.29) is 5.69 Å². The van der Waals surface area contributed by atoms with Crippen LogP contribution in [0.1, 0.15) is 23.6 Å². The summed E-state index contributed by atoms with van der Waals surface area (Å²) in [6, 6.07) is 13.0. The molecular weight excluding hydrogens is 373 g/mol. The second kappa shape index (κ2) is 7.78. The average Bonchev–Trinajstić information content (AvgIpc) is 3.15. The first-order valence-corrected chi connectivity index (χ1v) is 8.41. The number of anilines is 1. The van der Waals surface area contributed by atoms with Gasteiger partial charge in [-0.15, -0.1) is 5.10 Å². The Morgan fingerprint density at radius 1 is 1.25 bits per heavy atom. The first-order chi connectivity index (χ1) is 13.3. The molecule has 6 nitrogen and oxygen atoms in total. The van der Waals surface area contributed by atoms with Crippen LogP contribution in [-0.4, -0.2) is 29.4 Å². The maximum atomic E-state index is 13.2. The van der Waals surface area contributed by atoms with Crippen LogP contribution in [-0.2, 0) is 10.9 Å². The van der Waals surface area contributed by atoms with Crippen molar-refractivity contribution in [2.24, 2.45) is 5.10 Å². The van der Waals surface area contributed by atoms with Crippen LogP contribution in [0.5, 0.6) is 0 Å². The number of benzene rings is 2. The molecule has 9 heteroatoms. The van der Waals surface area contributed by atoms with E-state index >= 15 is 0 Å². The van der Waals surface area contributed by atoms with Gasteiger partial charge in [0.1, 0.15) is 6.04 Å². The van der Waals surface area contributed by atoms with E-state index < -0.39 is 35.7 Å². The lowest BCUT2D eigenvalue weighted by molar-refractivity contribution is -0.137. The van der Waals surface area contributed by atoms with Gasteiger partial charge in [-0.2, -0.15) is 18.4 Å². The molecule has 0 bridgehead atoms. The average molecular weight is 390 g/mol. The highest BCUT2D eigenvalue weighted by Crippen LogP contribution is 2.34. The molecule has 3 N–H and O–H groups in total. The fraction of sp³-hybridized carbons (Fsp3) is 0.263. The Bertz CT molecular complexity index is 908. The van der Waals surface area contributed by atoms with Gasteiger partial charge < -0.3 is 15.2 Å². The van der Waals surface area contributed by atoms with E-state index in [9.17, 15) is 18.3 Å². The van der Waals surface area contributed by atoms with E-state index in [1.54, 1.807) is 12.1 Å². The Labute approximate surface area is 159 Å². The van der Waals surface area contributed by atoms with Crippen molar-refractivity contribution in [1.29, 1.82) is 5.26 Å². The van der Waals surface area contributed by atoms with E-state index in [0.717, 1.165) is 17.7 Å². The number of hydrogen-bond acceptors (Lipinski definition) is 6. The summed E-state index contributed by atoms with van der Waals surface area (Å²) < 4.78 is 45.2. The van der Waals surface area contributed by atoms with Crippen molar-refractivity contribution in [3.8, 4) is 6.07 Å². The van der Waals surface area contributed by atoms with Gasteiger partial charge in [-0.3, -0.25) is 5.43 Å². The van der Waals surface area contributed by atoms with Crippen LogP contribution in [0.25, 0.3) is 0 Å². The maximum absolute atomic E-state index is 13.2. The van der Waals surface area contributed by atoms with Crippen LogP contribution in [0, 0.1) is 11.3 Å². The van der Waals surface area contributed by atoms with Gasteiger partial charge in [-0.1, -0.05) is 18.2 Å². The number of nitrogens with zero attached hydrogens (tertiary/aromatic N) is 2. The van der Waals surface area contributed by atoms with Crippen LogP contribution in [0.4, 0.5) is 18.9 Å². The number of hydrogen-bond donors (Lipinski definition) is 3. The lowest BCUT2D eigenvalue weighted by Crippen LogP contribution is -2.47. The zero-order chi connectivity index (χ0) is 20.3. The number of nitrogens with one attached hydrogen (secondary N) is 2. The highest BCUT2D eigenvalue weighted by molar-refractivity contribution is 5.94. The van der Waals surface area contributed by atoms with Gasteiger partial charge >= 0.3 is 6.18 Å². The Morgan fingerprint density at radius 2 is 1.96 bits per heavy atom. The molecule has 0 amide bonds. The number of aliphatic hydroxyl groups excluding tert-OH is 1. The Hall–Kier alpha value is -3.25. The summed E-state index contributed by atoms with van der Waals surface area (Å²) >= 11 is 0. The molecule has 2 aromatic carbocycles. The molecule has 1 heterocycles. The molecule has 1 unspecified atom stereocenters. The van der Waals surface area contributed by atoms with Crippen LogP contribution in [0.2, 0.25) is 0 Å². The summed E-state index contributed by atoms with van der Waals surface area (Å²) in [6.45, 7) is 1.48. The zero-order valence-corrected chi connectivity index (χ0v) is 14.7. The molecule has 0 spiro atoms. The lowest BCUT2D eigenvalue weighted by atomic mass is 10.1. The second-order valence-corrected chi connectivity index (χ2v) is 6.23. The molecular formula is C19H17F3N4O2. The summed E-state index contributed by atoms with van der Waals surface area (Å²) in [6.07, 6.45) is -6.46. The largest absolute Gasteiger partial charge is 0.448 e. The molecule has 3 rings (SSSR count). The zero-order valence-electron chi connectivity index (χ0n) is 14.7. The molecule has 3 atom stereocenters. The van der Waals surface area contributed by atoms with Gasteiger partial charge in [-0.25, -0.2) is 0 Å². The molecule has 28 heavy (non-hydrogen) atoms. The van der Waals surface area contributed by atoms with Gasteiger partial charge in [0, 0.05) is 11.3 Å². The Balaban J connectivity index is 1.79. The third-order valence-corrected chi connectivity index (χ3v) is 4.18. The first kappa shape index (κ1) is 19.5. The molecule has 146 valence electrons. The molecule has 0 saturated heterocycles. The monoisotopic (exact) mass is 390 g/mol. The third-order valence-electron chi connectivity index (χ3n) is 4.18. The SMILES string of the molecule is C[C@H](O)[C@@H](Nc1ccc(C#N)c(C(F)(F)F)c1)C1NN=C(c2ccccc2)O1. The normalized spacial score (nSPS) is 18.3. The van der Waals surface area contributed by atoms with Gasteiger partial charge in [0.05, 0.1) is 23.3 Å². The fourth-order valence-corrected chi connectivity index (χ4v) is 2.77. The summed E-state index contributed by atoms with van der Waals surface area (Å²) in [5.41, 5.74) is 2.03. The fourth-order valence-electron chi connectivity index (χ4n) is 2.77. The standard InChI is InChI=1S/C19H17F3N4O2/c1-11(27)16(18-26-25-17(28-18)12-5-3-2-4-6-12)24-14-8-7-13(10-23)15(9-14)19(20,21)22/h2-9,11,16,18,24,26-27H,1H3/t11-,16+,18?/m0/s1. The second-order valence-electron chi connectivity index (χ2n) is 6.23. The summed E-state index contributed by atoms with van der Waals surface area (Å²) in [5.74, 6) is 0.314. The van der Waals surface area contributed by atoms with Crippen LogP contribution in [0.3, 0.4) is 0 Å². The van der Waals surface area contributed by atoms with Gasteiger partial charge in [0.25, 0.3) is 0 Å². The quantitative estimate of drug-likeness (QED) is 0.730. The minimum Gasteiger partial charge on any atom is -0.448 e. The van der Waals surface area contributed by atoms with Crippen LogP contribution >= 0.6 is 0 Å². The molecule has 1 aliphatic heterocycles. The summed E-state index contributed by atoms with van der Waals surface area (Å²) in [7, 11) is 0. The summed E-state index contributed by atoms with van der Waals surface area (Å²) in [4.78, 5) is 0. The van der Waals surface area contributed by atoms with Gasteiger partial charge in [0.2, 0.25) is 12.1 Å². The van der Waals surface area contributed by atoms with Crippen LogP contribution < -0.4 is 10.7 Å². The predicted molar refractivity (Wildman–Crippen MR) is 96.2 cm³/mol. The molecule has 0 fully saturated rings. The van der Waals surface area contributed by atoms with Gasteiger partial charge in [0.15, 0.2) is 0 Å². The van der Waals surface area contributed by atoms with Crippen molar-refractivity contribution in [2.75, 3.05) is 5.32 Å². The number of ether oxygens (including phenoxy) is 1. The highest BCUT2D eigenvalue weighted by Gasteiger charge is 2.36. The number of hydrazone groups is 1. The molecule has 0 aromatic heterocycles. The maximum Gasteiger partial charge on any atom is 0.417 e. The van der Waals surface area contributed by atoms with Crippen molar-refractivity contribution in [2.45, 2.75) is 31.5 Å². The number of alkyl halides is 3. The van der Waals surface area contributed by atoms with E-state index in [1.165, 1.54) is 19.1 Å². The number of halogens is 3. The third kappa shape index (κ3) is 4.18. The Kier molecular flexibility index (Phi) is 5.42. The number of aliphatic hydroxyl groups is 1. The highest BCUT2D eigenvalue weighted by atomic mass is 19.4. The van der Waals surface area contributed by atoms with Crippen molar-refractivity contribution in [3.05, 3.63) is 65.2 Å². The van der Waals surface area contributed by atoms with Crippen molar-refractivity contribution >= 4 is 11.6 Å². The van der Waals surface area contributed by atoms with E-state index in [0.29, 0.717) is 5.90 Å². The van der Waals surface area contributed by atoms with Gasteiger partial charge in [-0.05, 0) is 37.3 Å². The topological polar surface area (TPSA) is 89.7 Å². The van der Waals surface area contributed by atoms with Crippen LogP contribution in [0.15, 0.2) is 53.6 Å². The van der Waals surface area contributed by atoms with Crippen molar-refractivity contribution < 1.29 is 23.0 Å². The summed E-state index contributed by atoms with van der Waals surface area (Å²) in [5, 5.41) is 25.9. The number of nitriles is 1. The number of rotatable bonds is 5. The van der Waals surface area contributed by atoms with E-state index in [4.69, 9.17) is 10.00 Å². The van der Waals surface area contributed by atoms with E-state index in [1.807, 2.05) is 18.2 Å². The minimum absolute atomic E-state index is 0.0933. The smallest absolute Gasteiger partial charge is 0.417 e. The molecule has 1 aliphatic rings. The Morgan fingerprint density at radius 3 is 2.57 bits per heavy atom. The van der Waals surface area contributed by atoms with Crippen molar-refractivity contribution in [3.63, 3.8) is 0 Å². The lowest BCUT2D eigenvalue weighted by Gasteiger charge is -2.27. The van der Waals surface area contributed by atoms with Crippen molar-refractivity contribution in [1.82, 2.24) is 5.43 Å². The molecule has 2 aromatic rings. The minimum atomic E-state index is -4.67. The predicted octanol–water partition coefficient (Wildman–Crippen LogP) is 3.05. The molecule has 0 radical (unpaired) electrons. The molecule has 0 aliphatic carbocycles.